The summed E-state index contributed by atoms with van der Waals surface area (Å²) in [5, 5.41) is 0. The van der Waals surface area contributed by atoms with Crippen molar-refractivity contribution in [3.8, 4) is 5.75 Å². The van der Waals surface area contributed by atoms with Crippen molar-refractivity contribution in [1.29, 1.82) is 0 Å². The minimum absolute atomic E-state index is 0.0137. The first-order chi connectivity index (χ1) is 7.67. The fourth-order valence-corrected chi connectivity index (χ4v) is 1.45. The summed E-state index contributed by atoms with van der Waals surface area (Å²) < 4.78 is 10.3. The van der Waals surface area contributed by atoms with Crippen molar-refractivity contribution in [2.24, 2.45) is 5.73 Å². The highest BCUT2D eigenvalue weighted by Gasteiger charge is 2.09. The van der Waals surface area contributed by atoms with Gasteiger partial charge in [-0.1, -0.05) is 0 Å². The van der Waals surface area contributed by atoms with Gasteiger partial charge in [0.2, 0.25) is 0 Å². The van der Waals surface area contributed by atoms with Gasteiger partial charge in [0.15, 0.2) is 0 Å². The van der Waals surface area contributed by atoms with Gasteiger partial charge < -0.3 is 15.2 Å². The molecule has 0 aliphatic carbocycles. The quantitative estimate of drug-likeness (QED) is 0.802. The molecule has 0 aliphatic heterocycles. The summed E-state index contributed by atoms with van der Waals surface area (Å²) in [6.07, 6.45) is 5.52. The molecule has 0 radical (unpaired) electrons. The fraction of sp³-hybridized carbons (Fsp3) is 0.583. The molecule has 2 atom stereocenters. The second kappa shape index (κ2) is 6.45. The molecule has 1 aromatic rings. The van der Waals surface area contributed by atoms with E-state index >= 15 is 0 Å². The SMILES string of the molecule is COc1cncc(C(N)CCC(C)OC)c1. The zero-order chi connectivity index (χ0) is 12.0. The van der Waals surface area contributed by atoms with Crippen LogP contribution in [0.1, 0.15) is 31.4 Å². The summed E-state index contributed by atoms with van der Waals surface area (Å²) in [4.78, 5) is 4.09. The van der Waals surface area contributed by atoms with Gasteiger partial charge in [-0.25, -0.2) is 0 Å². The number of nitrogens with zero attached hydrogens (tertiary/aromatic N) is 1. The number of rotatable bonds is 6. The topological polar surface area (TPSA) is 57.4 Å². The lowest BCUT2D eigenvalue weighted by Gasteiger charge is -2.15. The Bertz CT molecular complexity index is 318. The maximum Gasteiger partial charge on any atom is 0.137 e. The third kappa shape index (κ3) is 3.79. The zero-order valence-electron chi connectivity index (χ0n) is 10.1. The Morgan fingerprint density at radius 3 is 2.69 bits per heavy atom. The summed E-state index contributed by atoms with van der Waals surface area (Å²) in [7, 11) is 3.34. The van der Waals surface area contributed by atoms with Crippen LogP contribution in [0.15, 0.2) is 18.5 Å². The Hall–Kier alpha value is -1.13. The Balaban J connectivity index is 2.54. The van der Waals surface area contributed by atoms with Gasteiger partial charge in [-0.3, -0.25) is 4.98 Å². The first-order valence-corrected chi connectivity index (χ1v) is 5.44. The molecule has 90 valence electrons. The van der Waals surface area contributed by atoms with Gasteiger partial charge in [-0.2, -0.15) is 0 Å². The van der Waals surface area contributed by atoms with Gasteiger partial charge in [0, 0.05) is 19.3 Å². The first kappa shape index (κ1) is 12.9. The third-order valence-corrected chi connectivity index (χ3v) is 2.68. The van der Waals surface area contributed by atoms with E-state index in [-0.39, 0.29) is 12.1 Å². The molecule has 0 spiro atoms. The molecular formula is C12H20N2O2. The molecule has 4 nitrogen and oxygen atoms in total. The average molecular weight is 224 g/mol. The number of hydrogen-bond acceptors (Lipinski definition) is 4. The highest BCUT2D eigenvalue weighted by Crippen LogP contribution is 2.20. The largest absolute Gasteiger partial charge is 0.495 e. The highest BCUT2D eigenvalue weighted by molar-refractivity contribution is 5.25. The first-order valence-electron chi connectivity index (χ1n) is 5.44. The molecule has 16 heavy (non-hydrogen) atoms. The predicted octanol–water partition coefficient (Wildman–Crippen LogP) is 1.91. The number of hydrogen-bond donors (Lipinski definition) is 1. The van der Waals surface area contributed by atoms with E-state index in [1.54, 1.807) is 26.6 Å². The molecule has 0 saturated heterocycles. The number of ether oxygens (including phenoxy) is 2. The van der Waals surface area contributed by atoms with E-state index in [0.717, 1.165) is 24.2 Å². The fourth-order valence-electron chi connectivity index (χ4n) is 1.45. The number of aromatic nitrogens is 1. The van der Waals surface area contributed by atoms with Crippen LogP contribution in [0.4, 0.5) is 0 Å². The molecule has 1 rings (SSSR count). The van der Waals surface area contributed by atoms with Crippen molar-refractivity contribution in [2.45, 2.75) is 31.9 Å². The molecular weight excluding hydrogens is 204 g/mol. The summed E-state index contributed by atoms with van der Waals surface area (Å²) in [5.74, 6) is 0.743. The molecule has 0 aliphatic rings. The standard InChI is InChI=1S/C12H20N2O2/c1-9(15-2)4-5-12(13)10-6-11(16-3)8-14-7-10/h6-9,12H,4-5,13H2,1-3H3. The summed E-state index contributed by atoms with van der Waals surface area (Å²) >= 11 is 0. The van der Waals surface area contributed by atoms with Crippen molar-refractivity contribution in [1.82, 2.24) is 4.98 Å². The normalized spacial score (nSPS) is 14.5. The molecule has 4 heteroatoms. The molecule has 1 heterocycles. The molecule has 0 saturated carbocycles. The van der Waals surface area contributed by atoms with Crippen LogP contribution >= 0.6 is 0 Å². The van der Waals surface area contributed by atoms with Crippen LogP contribution in [0.25, 0.3) is 0 Å². The smallest absolute Gasteiger partial charge is 0.137 e. The van der Waals surface area contributed by atoms with Gasteiger partial charge in [0.25, 0.3) is 0 Å². The lowest BCUT2D eigenvalue weighted by molar-refractivity contribution is 0.107. The monoisotopic (exact) mass is 224 g/mol. The second-order valence-electron chi connectivity index (χ2n) is 3.89. The number of pyridine rings is 1. The van der Waals surface area contributed by atoms with Crippen LogP contribution in [0.2, 0.25) is 0 Å². The Morgan fingerprint density at radius 1 is 1.31 bits per heavy atom. The molecule has 1 aromatic heterocycles. The summed E-state index contributed by atoms with van der Waals surface area (Å²) in [5.41, 5.74) is 7.07. The van der Waals surface area contributed by atoms with Gasteiger partial charge in [-0.15, -0.1) is 0 Å². The maximum absolute atomic E-state index is 6.07. The van der Waals surface area contributed by atoms with E-state index in [9.17, 15) is 0 Å². The Morgan fingerprint density at radius 2 is 2.06 bits per heavy atom. The van der Waals surface area contributed by atoms with Crippen molar-refractivity contribution in [2.75, 3.05) is 14.2 Å². The molecule has 0 bridgehead atoms. The van der Waals surface area contributed by atoms with Gasteiger partial charge in [0.05, 0.1) is 19.4 Å². The Labute approximate surface area is 96.8 Å². The van der Waals surface area contributed by atoms with Crippen LogP contribution in [-0.4, -0.2) is 25.3 Å². The lowest BCUT2D eigenvalue weighted by atomic mass is 10.0. The van der Waals surface area contributed by atoms with Crippen LogP contribution in [0, 0.1) is 0 Å². The Kier molecular flexibility index (Phi) is 5.22. The lowest BCUT2D eigenvalue weighted by Crippen LogP contribution is -2.14. The molecule has 0 fully saturated rings. The van der Waals surface area contributed by atoms with E-state index in [1.807, 2.05) is 13.0 Å². The summed E-state index contributed by atoms with van der Waals surface area (Å²) in [6, 6.07) is 1.91. The predicted molar refractivity (Wildman–Crippen MR) is 63.4 cm³/mol. The van der Waals surface area contributed by atoms with Crippen LogP contribution in [0.3, 0.4) is 0 Å². The number of methoxy groups -OCH3 is 2. The van der Waals surface area contributed by atoms with Crippen LogP contribution in [0.5, 0.6) is 5.75 Å². The second-order valence-corrected chi connectivity index (χ2v) is 3.89. The van der Waals surface area contributed by atoms with E-state index < -0.39 is 0 Å². The molecule has 2 unspecified atom stereocenters. The van der Waals surface area contributed by atoms with Crippen LogP contribution in [-0.2, 0) is 4.74 Å². The highest BCUT2D eigenvalue weighted by atomic mass is 16.5. The van der Waals surface area contributed by atoms with Gasteiger partial charge in [-0.05, 0) is 31.4 Å². The minimum atomic E-state index is -0.0137. The summed E-state index contributed by atoms with van der Waals surface area (Å²) in [6.45, 7) is 2.04. The third-order valence-electron chi connectivity index (χ3n) is 2.68. The van der Waals surface area contributed by atoms with Crippen molar-refractivity contribution < 1.29 is 9.47 Å². The van der Waals surface area contributed by atoms with Gasteiger partial charge in [0.1, 0.15) is 5.75 Å². The average Bonchev–Trinajstić information content (AvgIpc) is 2.35. The van der Waals surface area contributed by atoms with E-state index in [2.05, 4.69) is 4.98 Å². The molecule has 0 amide bonds. The van der Waals surface area contributed by atoms with Crippen molar-refractivity contribution in [3.63, 3.8) is 0 Å². The van der Waals surface area contributed by atoms with E-state index in [4.69, 9.17) is 15.2 Å². The van der Waals surface area contributed by atoms with Gasteiger partial charge >= 0.3 is 0 Å². The van der Waals surface area contributed by atoms with Crippen LogP contribution < -0.4 is 10.5 Å². The van der Waals surface area contributed by atoms with Crippen molar-refractivity contribution >= 4 is 0 Å². The minimum Gasteiger partial charge on any atom is -0.495 e. The zero-order valence-corrected chi connectivity index (χ0v) is 10.1. The maximum atomic E-state index is 6.07. The number of nitrogens with two attached hydrogens (primary N) is 1. The van der Waals surface area contributed by atoms with E-state index in [0.29, 0.717) is 0 Å². The molecule has 2 N–H and O–H groups in total. The molecule has 0 aromatic carbocycles. The van der Waals surface area contributed by atoms with E-state index in [1.165, 1.54) is 0 Å². The van der Waals surface area contributed by atoms with Crippen molar-refractivity contribution in [3.05, 3.63) is 24.0 Å².